The quantitative estimate of drug-likeness (QED) is 0.180. The molecule has 0 unspecified atom stereocenters. The SMILES string of the molecule is O=C(NN=Cc1ccc(OCC(=O)N2CCC(O)(c3ccc(Br)cc3)CC2)c2ccccc12)c1ccc(O)c(Cl)c1. The van der Waals surface area contributed by atoms with Crippen molar-refractivity contribution >= 4 is 56.3 Å². The predicted molar refractivity (Wildman–Crippen MR) is 161 cm³/mol. The monoisotopic (exact) mass is 635 g/mol. The van der Waals surface area contributed by atoms with Crippen molar-refractivity contribution in [3.05, 3.63) is 105 Å². The van der Waals surface area contributed by atoms with Crippen LogP contribution in [0.15, 0.2) is 88.4 Å². The molecule has 1 aliphatic rings. The summed E-state index contributed by atoms with van der Waals surface area (Å²) in [6, 6.07) is 22.9. The Labute approximate surface area is 250 Å². The fraction of sp³-hybridized carbons (Fsp3) is 0.194. The van der Waals surface area contributed by atoms with Crippen LogP contribution >= 0.6 is 27.5 Å². The molecule has 4 aromatic rings. The van der Waals surface area contributed by atoms with E-state index in [9.17, 15) is 19.8 Å². The molecule has 8 nitrogen and oxygen atoms in total. The number of carbonyl (C=O) groups excluding carboxylic acids is 2. The number of nitrogens with one attached hydrogen (secondary N) is 1. The van der Waals surface area contributed by atoms with Gasteiger partial charge in [0.25, 0.3) is 11.8 Å². The molecule has 1 heterocycles. The van der Waals surface area contributed by atoms with Crippen molar-refractivity contribution in [3.8, 4) is 11.5 Å². The Morgan fingerprint density at radius 3 is 2.44 bits per heavy atom. The van der Waals surface area contributed by atoms with E-state index in [-0.39, 0.29) is 28.8 Å². The Bertz CT molecular complexity index is 1620. The van der Waals surface area contributed by atoms with Gasteiger partial charge in [-0.1, -0.05) is 63.9 Å². The van der Waals surface area contributed by atoms with Gasteiger partial charge in [-0.3, -0.25) is 9.59 Å². The highest BCUT2D eigenvalue weighted by Gasteiger charge is 2.35. The van der Waals surface area contributed by atoms with Gasteiger partial charge in [-0.25, -0.2) is 5.43 Å². The summed E-state index contributed by atoms with van der Waals surface area (Å²) >= 11 is 9.30. The second-order valence-electron chi connectivity index (χ2n) is 9.77. The summed E-state index contributed by atoms with van der Waals surface area (Å²) < 4.78 is 6.90. The first-order valence-electron chi connectivity index (χ1n) is 13.0. The highest BCUT2D eigenvalue weighted by atomic mass is 79.9. The molecule has 0 bridgehead atoms. The van der Waals surface area contributed by atoms with Crippen molar-refractivity contribution in [2.45, 2.75) is 18.4 Å². The van der Waals surface area contributed by atoms with Gasteiger partial charge in [-0.2, -0.15) is 5.10 Å². The van der Waals surface area contributed by atoms with E-state index in [4.69, 9.17) is 16.3 Å². The number of carbonyl (C=O) groups is 2. The molecule has 0 saturated carbocycles. The van der Waals surface area contributed by atoms with Crippen molar-refractivity contribution in [1.82, 2.24) is 10.3 Å². The van der Waals surface area contributed by atoms with Gasteiger partial charge < -0.3 is 19.8 Å². The molecule has 3 N–H and O–H groups in total. The number of hydrogen-bond donors (Lipinski definition) is 3. The van der Waals surface area contributed by atoms with Crippen LogP contribution in [-0.2, 0) is 10.4 Å². The molecule has 0 spiro atoms. The average Bonchev–Trinajstić information content (AvgIpc) is 2.98. The van der Waals surface area contributed by atoms with E-state index in [1.807, 2.05) is 48.5 Å². The van der Waals surface area contributed by atoms with Gasteiger partial charge in [0.1, 0.15) is 11.5 Å². The molecule has 5 rings (SSSR count). The van der Waals surface area contributed by atoms with Gasteiger partial charge in [0.2, 0.25) is 0 Å². The molecular weight excluding hydrogens is 610 g/mol. The number of hydrazone groups is 1. The van der Waals surface area contributed by atoms with E-state index in [0.29, 0.717) is 31.7 Å². The molecule has 2 amide bonds. The topological polar surface area (TPSA) is 111 Å². The number of phenolic OH excluding ortho intramolecular Hbond substituents is 1. The normalized spacial score (nSPS) is 14.8. The number of ether oxygens (including phenoxy) is 1. The van der Waals surface area contributed by atoms with Crippen molar-refractivity contribution in [2.75, 3.05) is 19.7 Å². The lowest BCUT2D eigenvalue weighted by Gasteiger charge is -2.38. The zero-order valence-electron chi connectivity index (χ0n) is 21.9. The molecule has 0 aliphatic carbocycles. The molecule has 1 aliphatic heterocycles. The highest BCUT2D eigenvalue weighted by Crippen LogP contribution is 2.34. The fourth-order valence-corrected chi connectivity index (χ4v) is 5.26. The van der Waals surface area contributed by atoms with E-state index in [2.05, 4.69) is 26.5 Å². The van der Waals surface area contributed by atoms with E-state index in [1.54, 1.807) is 17.0 Å². The number of amides is 2. The van der Waals surface area contributed by atoms with Gasteiger partial charge in [0.05, 0.1) is 16.8 Å². The Balaban J connectivity index is 1.21. The van der Waals surface area contributed by atoms with Crippen molar-refractivity contribution in [2.24, 2.45) is 5.10 Å². The third kappa shape index (κ3) is 6.53. The maximum Gasteiger partial charge on any atom is 0.271 e. The van der Waals surface area contributed by atoms with E-state index in [1.165, 1.54) is 24.4 Å². The minimum Gasteiger partial charge on any atom is -0.506 e. The molecule has 41 heavy (non-hydrogen) atoms. The number of aliphatic hydroxyl groups is 1. The van der Waals surface area contributed by atoms with Crippen LogP contribution < -0.4 is 10.2 Å². The molecule has 4 aromatic carbocycles. The van der Waals surface area contributed by atoms with Crippen LogP contribution in [0.1, 0.15) is 34.3 Å². The van der Waals surface area contributed by atoms with Gasteiger partial charge in [-0.05, 0) is 66.3 Å². The van der Waals surface area contributed by atoms with Crippen molar-refractivity contribution in [1.29, 1.82) is 0 Å². The number of hydrogen-bond acceptors (Lipinski definition) is 6. The standard InChI is InChI=1S/C31H27BrClN3O5/c32-23-9-7-22(8-10-23)31(40)13-15-36(16-14-31)29(38)19-41-28-12-6-21(24-3-1-2-4-25(24)28)18-34-35-30(39)20-5-11-27(37)26(33)17-20/h1-12,17-18,37,40H,13-16,19H2,(H,35,39). The first-order valence-corrected chi connectivity index (χ1v) is 14.1. The lowest BCUT2D eigenvalue weighted by molar-refractivity contribution is -0.137. The summed E-state index contributed by atoms with van der Waals surface area (Å²) in [6.07, 6.45) is 2.43. The number of phenols is 1. The molecule has 1 fully saturated rings. The third-order valence-corrected chi connectivity index (χ3v) is 8.00. The van der Waals surface area contributed by atoms with E-state index >= 15 is 0 Å². The lowest BCUT2D eigenvalue weighted by Crippen LogP contribution is -2.46. The minimum absolute atomic E-state index is 0.0733. The number of nitrogens with zero attached hydrogens (tertiary/aromatic N) is 2. The predicted octanol–water partition coefficient (Wildman–Crippen LogP) is 5.61. The largest absolute Gasteiger partial charge is 0.506 e. The molecule has 0 radical (unpaired) electrons. The maximum absolute atomic E-state index is 13.0. The number of halogens is 2. The molecule has 1 saturated heterocycles. The van der Waals surface area contributed by atoms with Crippen LogP contribution in [0.3, 0.4) is 0 Å². The zero-order chi connectivity index (χ0) is 29.0. The van der Waals surface area contributed by atoms with E-state index < -0.39 is 11.5 Å². The Morgan fingerprint density at radius 1 is 1.02 bits per heavy atom. The van der Waals surface area contributed by atoms with Crippen molar-refractivity contribution < 1.29 is 24.5 Å². The van der Waals surface area contributed by atoms with Crippen LogP contribution in [0, 0.1) is 0 Å². The summed E-state index contributed by atoms with van der Waals surface area (Å²) in [6.45, 7) is 0.749. The van der Waals surface area contributed by atoms with Crippen molar-refractivity contribution in [3.63, 3.8) is 0 Å². The second-order valence-corrected chi connectivity index (χ2v) is 11.1. The minimum atomic E-state index is -0.956. The van der Waals surface area contributed by atoms with Crippen LogP contribution in [0.2, 0.25) is 5.02 Å². The average molecular weight is 637 g/mol. The molecular formula is C31H27BrClN3O5. The number of likely N-dealkylation sites (tertiary alicyclic amines) is 1. The Morgan fingerprint density at radius 2 is 1.73 bits per heavy atom. The zero-order valence-corrected chi connectivity index (χ0v) is 24.2. The first kappa shape index (κ1) is 28.6. The highest BCUT2D eigenvalue weighted by molar-refractivity contribution is 9.10. The van der Waals surface area contributed by atoms with Gasteiger partial charge in [0, 0.05) is 34.1 Å². The Hall–Kier alpha value is -3.92. The second kappa shape index (κ2) is 12.3. The van der Waals surface area contributed by atoms with Crippen LogP contribution in [0.5, 0.6) is 11.5 Å². The summed E-state index contributed by atoms with van der Waals surface area (Å²) in [7, 11) is 0. The van der Waals surface area contributed by atoms with Gasteiger partial charge in [-0.15, -0.1) is 0 Å². The third-order valence-electron chi connectivity index (χ3n) is 7.17. The molecule has 0 aromatic heterocycles. The van der Waals surface area contributed by atoms with Crippen LogP contribution in [0.4, 0.5) is 0 Å². The maximum atomic E-state index is 13.0. The van der Waals surface area contributed by atoms with Crippen LogP contribution in [0.25, 0.3) is 10.8 Å². The summed E-state index contributed by atoms with van der Waals surface area (Å²) in [5.41, 5.74) is 3.35. The molecule has 0 atom stereocenters. The Kier molecular flexibility index (Phi) is 8.58. The molecule has 210 valence electrons. The fourth-order valence-electron chi connectivity index (χ4n) is 4.81. The first-order chi connectivity index (χ1) is 19.7. The number of aromatic hydroxyl groups is 1. The summed E-state index contributed by atoms with van der Waals surface area (Å²) in [4.78, 5) is 27.1. The summed E-state index contributed by atoms with van der Waals surface area (Å²) in [5.74, 6) is -0.173. The molecule has 10 heteroatoms. The lowest BCUT2D eigenvalue weighted by atomic mass is 9.84. The summed E-state index contributed by atoms with van der Waals surface area (Å²) in [5, 5.41) is 26.4. The number of piperidine rings is 1. The van der Waals surface area contributed by atoms with Gasteiger partial charge in [0.15, 0.2) is 6.61 Å². The number of fused-ring (bicyclic) bond motifs is 1. The smallest absolute Gasteiger partial charge is 0.271 e. The number of benzene rings is 4. The number of rotatable bonds is 7. The van der Waals surface area contributed by atoms with Gasteiger partial charge >= 0.3 is 0 Å². The van der Waals surface area contributed by atoms with Crippen LogP contribution in [-0.4, -0.2) is 52.8 Å². The van der Waals surface area contributed by atoms with E-state index in [0.717, 1.165) is 26.4 Å².